The molecule has 1 aromatic carbocycles. The van der Waals surface area contributed by atoms with Gasteiger partial charge in [0.05, 0.1) is 13.2 Å². The monoisotopic (exact) mass is 338 g/mol. The summed E-state index contributed by atoms with van der Waals surface area (Å²) in [6, 6.07) is 5.57. The third-order valence-electron chi connectivity index (χ3n) is 3.63. The molecule has 132 valence electrons. The number of benzene rings is 1. The molecule has 1 N–H and O–H groups in total. The summed E-state index contributed by atoms with van der Waals surface area (Å²) in [6.07, 6.45) is 3.14. The van der Waals surface area contributed by atoms with Crippen LogP contribution in [-0.4, -0.2) is 42.3 Å². The zero-order chi connectivity index (χ0) is 17.4. The number of esters is 1. The summed E-state index contributed by atoms with van der Waals surface area (Å²) in [5, 5.41) is 2.74. The van der Waals surface area contributed by atoms with Gasteiger partial charge in [-0.15, -0.1) is 0 Å². The molecule has 2 aromatic rings. The first kappa shape index (κ1) is 18.4. The number of halogens is 1. The molecule has 0 amide bonds. The van der Waals surface area contributed by atoms with Gasteiger partial charge in [-0.2, -0.15) is 10.0 Å². The molecule has 0 spiro atoms. The van der Waals surface area contributed by atoms with Crippen LogP contribution in [0, 0.1) is 0 Å². The number of rotatable bonds is 10. The van der Waals surface area contributed by atoms with Gasteiger partial charge in [0.2, 0.25) is 0 Å². The number of fused-ring (bicyclic) bond motifs is 1. The van der Waals surface area contributed by atoms with Crippen LogP contribution in [0.3, 0.4) is 0 Å². The van der Waals surface area contributed by atoms with E-state index in [1.807, 2.05) is 30.3 Å². The van der Waals surface area contributed by atoms with E-state index >= 15 is 0 Å². The first-order chi connectivity index (χ1) is 11.7. The lowest BCUT2D eigenvalue weighted by molar-refractivity contribution is -0.174. The van der Waals surface area contributed by atoms with Crippen LogP contribution in [0.2, 0.25) is 0 Å². The van der Waals surface area contributed by atoms with Crippen molar-refractivity contribution in [3.63, 3.8) is 0 Å². The van der Waals surface area contributed by atoms with Gasteiger partial charge in [0, 0.05) is 37.1 Å². The average Bonchev–Trinajstić information content (AvgIpc) is 2.98. The zero-order valence-corrected chi connectivity index (χ0v) is 14.0. The quantitative estimate of drug-likeness (QED) is 0.312. The second-order valence-corrected chi connectivity index (χ2v) is 5.36. The Morgan fingerprint density at radius 1 is 1.33 bits per heavy atom. The number of hydrogen-bond donors (Lipinski definition) is 1. The van der Waals surface area contributed by atoms with Crippen LogP contribution in [0.4, 0.5) is 4.53 Å². The van der Waals surface area contributed by atoms with E-state index in [2.05, 4.69) is 9.93 Å². The molecule has 24 heavy (non-hydrogen) atoms. The Labute approximate surface area is 140 Å². The minimum absolute atomic E-state index is 0.0335. The molecule has 0 fully saturated rings. The fourth-order valence-electron chi connectivity index (χ4n) is 2.52. The molecule has 0 atom stereocenters. The van der Waals surface area contributed by atoms with Gasteiger partial charge in [0.1, 0.15) is 5.75 Å². The van der Waals surface area contributed by atoms with Gasteiger partial charge in [0.25, 0.3) is 0 Å². The maximum atomic E-state index is 11.6. The maximum Gasteiger partial charge on any atom is 0.308 e. The highest BCUT2D eigenvalue weighted by molar-refractivity contribution is 5.91. The maximum absolute atomic E-state index is 11.6. The molecule has 2 rings (SSSR count). The minimum atomic E-state index is -0.344. The van der Waals surface area contributed by atoms with Crippen molar-refractivity contribution < 1.29 is 23.8 Å². The molecule has 6 nitrogen and oxygen atoms in total. The molecule has 1 aromatic heterocycles. The lowest BCUT2D eigenvalue weighted by atomic mass is 10.1. The topological polar surface area (TPSA) is 63.8 Å². The highest BCUT2D eigenvalue weighted by Gasteiger charge is 2.12. The smallest absolute Gasteiger partial charge is 0.308 e. The normalized spacial score (nSPS) is 11.3. The van der Waals surface area contributed by atoms with Crippen molar-refractivity contribution in [2.45, 2.75) is 26.7 Å². The number of ether oxygens (including phenoxy) is 1. The van der Waals surface area contributed by atoms with Gasteiger partial charge in [-0.05, 0) is 35.1 Å². The molecule has 0 saturated heterocycles. The Morgan fingerprint density at radius 2 is 2.17 bits per heavy atom. The molecular formula is C17H23FN2O4. The summed E-state index contributed by atoms with van der Waals surface area (Å²) < 4.78 is 16.9. The van der Waals surface area contributed by atoms with E-state index in [0.29, 0.717) is 25.3 Å². The number of aromatic amines is 1. The SMILES string of the molecule is CCN(CCc1c[nH]c2cccc(OC(C)=O)c12)OCCCOF. The van der Waals surface area contributed by atoms with Crippen LogP contribution in [0.25, 0.3) is 10.9 Å². The highest BCUT2D eigenvalue weighted by atomic mass is 19.3. The van der Waals surface area contributed by atoms with Crippen LogP contribution in [0.15, 0.2) is 24.4 Å². The van der Waals surface area contributed by atoms with Gasteiger partial charge >= 0.3 is 5.97 Å². The summed E-state index contributed by atoms with van der Waals surface area (Å²) in [6.45, 7) is 5.21. The fraction of sp³-hybridized carbons (Fsp3) is 0.471. The Morgan fingerprint density at radius 3 is 2.88 bits per heavy atom. The largest absolute Gasteiger partial charge is 0.426 e. The van der Waals surface area contributed by atoms with Crippen LogP contribution < -0.4 is 4.74 Å². The summed E-state index contributed by atoms with van der Waals surface area (Å²) in [5.41, 5.74) is 1.98. The number of H-pyrrole nitrogens is 1. The predicted molar refractivity (Wildman–Crippen MR) is 88.2 cm³/mol. The summed E-state index contributed by atoms with van der Waals surface area (Å²) in [4.78, 5) is 23.6. The molecule has 1 heterocycles. The minimum Gasteiger partial charge on any atom is -0.426 e. The first-order valence-corrected chi connectivity index (χ1v) is 8.04. The van der Waals surface area contributed by atoms with E-state index in [1.54, 1.807) is 6.07 Å². The lowest BCUT2D eigenvalue weighted by Gasteiger charge is -2.19. The third kappa shape index (κ3) is 5.02. The summed E-state index contributed by atoms with van der Waals surface area (Å²) in [7, 11) is 0. The van der Waals surface area contributed by atoms with Gasteiger partial charge in [0.15, 0.2) is 0 Å². The van der Waals surface area contributed by atoms with E-state index in [9.17, 15) is 9.32 Å². The van der Waals surface area contributed by atoms with Crippen molar-refractivity contribution in [1.29, 1.82) is 0 Å². The number of aromatic nitrogens is 1. The number of hydrogen-bond acceptors (Lipinski definition) is 5. The molecule has 0 unspecified atom stereocenters. The van der Waals surface area contributed by atoms with Gasteiger partial charge < -0.3 is 9.72 Å². The van der Waals surface area contributed by atoms with Crippen molar-refractivity contribution in [1.82, 2.24) is 10.0 Å². The van der Waals surface area contributed by atoms with E-state index in [0.717, 1.165) is 29.4 Å². The van der Waals surface area contributed by atoms with Crippen molar-refractivity contribution >= 4 is 16.9 Å². The van der Waals surface area contributed by atoms with E-state index < -0.39 is 0 Å². The number of carbonyl (C=O) groups is 1. The first-order valence-electron chi connectivity index (χ1n) is 8.04. The number of nitrogens with zero attached hydrogens (tertiary/aromatic N) is 1. The number of carbonyl (C=O) groups excluding carboxylic acids is 1. The van der Waals surface area contributed by atoms with Crippen molar-refractivity contribution in [3.8, 4) is 5.75 Å². The van der Waals surface area contributed by atoms with E-state index in [-0.39, 0.29) is 12.6 Å². The second kappa shape index (κ2) is 9.36. The summed E-state index contributed by atoms with van der Waals surface area (Å²) in [5.74, 6) is 0.212. The van der Waals surface area contributed by atoms with E-state index in [1.165, 1.54) is 6.92 Å². The molecule has 0 aliphatic carbocycles. The van der Waals surface area contributed by atoms with Gasteiger partial charge in [-0.1, -0.05) is 13.0 Å². The van der Waals surface area contributed by atoms with Crippen LogP contribution in [-0.2, 0) is 21.0 Å². The molecule has 0 saturated carbocycles. The van der Waals surface area contributed by atoms with Gasteiger partial charge in [-0.3, -0.25) is 9.63 Å². The summed E-state index contributed by atoms with van der Waals surface area (Å²) >= 11 is 0. The Bertz CT molecular complexity index is 659. The highest BCUT2D eigenvalue weighted by Crippen LogP contribution is 2.29. The van der Waals surface area contributed by atoms with Crippen LogP contribution in [0.1, 0.15) is 25.8 Å². The molecular weight excluding hydrogens is 315 g/mol. The third-order valence-corrected chi connectivity index (χ3v) is 3.63. The second-order valence-electron chi connectivity index (χ2n) is 5.36. The Hall–Kier alpha value is -1.96. The van der Waals surface area contributed by atoms with Crippen LogP contribution >= 0.6 is 0 Å². The number of nitrogens with one attached hydrogen (secondary N) is 1. The number of hydroxylamine groups is 2. The van der Waals surface area contributed by atoms with Crippen molar-refractivity contribution in [3.05, 3.63) is 30.0 Å². The zero-order valence-electron chi connectivity index (χ0n) is 14.0. The van der Waals surface area contributed by atoms with Crippen molar-refractivity contribution in [2.75, 3.05) is 26.3 Å². The number of likely N-dealkylation sites (N-methyl/N-ethyl adjacent to an activating group) is 1. The van der Waals surface area contributed by atoms with E-state index in [4.69, 9.17) is 9.57 Å². The average molecular weight is 338 g/mol. The lowest BCUT2D eigenvalue weighted by Crippen LogP contribution is -2.27. The molecule has 0 radical (unpaired) electrons. The Balaban J connectivity index is 2.02. The van der Waals surface area contributed by atoms with Gasteiger partial charge in [-0.25, -0.2) is 0 Å². The fourth-order valence-corrected chi connectivity index (χ4v) is 2.52. The van der Waals surface area contributed by atoms with Crippen LogP contribution in [0.5, 0.6) is 5.75 Å². The molecule has 0 aliphatic heterocycles. The predicted octanol–water partition coefficient (Wildman–Crippen LogP) is 3.18. The molecule has 7 heteroatoms. The van der Waals surface area contributed by atoms with Crippen molar-refractivity contribution in [2.24, 2.45) is 0 Å². The Kier molecular flexibility index (Phi) is 7.17. The molecule has 0 aliphatic rings. The standard InChI is InChI=1S/C17H23FN2O4/c1-3-20(23-11-5-10-22-18)9-8-14-12-19-15-6-4-7-16(17(14)15)24-13(2)21/h4,6-7,12,19H,3,5,8-11H2,1-2H3. The molecule has 0 bridgehead atoms.